The van der Waals surface area contributed by atoms with Crippen LogP contribution < -0.4 is 5.73 Å². The Labute approximate surface area is 114 Å². The molecule has 1 amide bonds. The van der Waals surface area contributed by atoms with Crippen molar-refractivity contribution in [3.63, 3.8) is 0 Å². The Morgan fingerprint density at radius 3 is 2.63 bits per heavy atom. The first-order valence-electron chi connectivity index (χ1n) is 5.61. The molecule has 6 heteroatoms. The second-order valence-electron chi connectivity index (χ2n) is 3.89. The van der Waals surface area contributed by atoms with Gasteiger partial charge in [-0.2, -0.15) is 0 Å². The van der Waals surface area contributed by atoms with Gasteiger partial charge in [0.2, 0.25) is 5.91 Å². The molecule has 0 aliphatic carbocycles. The van der Waals surface area contributed by atoms with E-state index in [-0.39, 0.29) is 5.82 Å². The minimum Gasteiger partial charge on any atom is -0.369 e. The van der Waals surface area contributed by atoms with Crippen LogP contribution in [0.3, 0.4) is 0 Å². The van der Waals surface area contributed by atoms with Crippen LogP contribution in [0.1, 0.15) is 6.92 Å². The van der Waals surface area contributed by atoms with E-state index >= 15 is 0 Å². The number of benzene rings is 1. The summed E-state index contributed by atoms with van der Waals surface area (Å²) in [6, 6.07) is 7.76. The van der Waals surface area contributed by atoms with Gasteiger partial charge >= 0.3 is 0 Å². The zero-order chi connectivity index (χ0) is 13.8. The van der Waals surface area contributed by atoms with Crippen LogP contribution in [0.4, 0.5) is 4.39 Å². The average Bonchev–Trinajstić information content (AvgIpc) is 2.39. The number of aromatic nitrogens is 2. The van der Waals surface area contributed by atoms with Gasteiger partial charge in [0.15, 0.2) is 5.16 Å². The Balaban J connectivity index is 2.24. The van der Waals surface area contributed by atoms with Crippen molar-refractivity contribution in [3.05, 3.63) is 42.3 Å². The van der Waals surface area contributed by atoms with Gasteiger partial charge in [-0.05, 0) is 37.3 Å². The minimum absolute atomic E-state index is 0.297. The SMILES string of the molecule is CC(Sc1nccc(-c2ccc(F)cc2)n1)C(N)=O. The number of halogens is 1. The number of primary amides is 1. The van der Waals surface area contributed by atoms with Gasteiger partial charge in [0.25, 0.3) is 0 Å². The predicted octanol–water partition coefficient (Wildman–Crippen LogP) is 2.25. The molecule has 0 fully saturated rings. The largest absolute Gasteiger partial charge is 0.369 e. The third-order valence-electron chi connectivity index (χ3n) is 2.46. The molecule has 0 radical (unpaired) electrons. The molecule has 1 aromatic heterocycles. The highest BCUT2D eigenvalue weighted by atomic mass is 32.2. The quantitative estimate of drug-likeness (QED) is 0.687. The van der Waals surface area contributed by atoms with Crippen molar-refractivity contribution in [2.45, 2.75) is 17.3 Å². The van der Waals surface area contributed by atoms with Crippen molar-refractivity contribution in [1.29, 1.82) is 0 Å². The van der Waals surface area contributed by atoms with E-state index in [2.05, 4.69) is 9.97 Å². The monoisotopic (exact) mass is 277 g/mol. The Kier molecular flexibility index (Phi) is 4.11. The van der Waals surface area contributed by atoms with Gasteiger partial charge < -0.3 is 5.73 Å². The molecule has 2 N–H and O–H groups in total. The number of amides is 1. The van der Waals surface area contributed by atoms with Gasteiger partial charge in [-0.15, -0.1) is 0 Å². The maximum atomic E-state index is 12.9. The average molecular weight is 277 g/mol. The first-order valence-corrected chi connectivity index (χ1v) is 6.49. The lowest BCUT2D eigenvalue weighted by molar-refractivity contribution is -0.117. The lowest BCUT2D eigenvalue weighted by Gasteiger charge is -2.06. The summed E-state index contributed by atoms with van der Waals surface area (Å²) in [5, 5.41) is 0.0663. The van der Waals surface area contributed by atoms with Gasteiger partial charge in [0.1, 0.15) is 5.82 Å². The molecule has 1 aromatic carbocycles. The highest BCUT2D eigenvalue weighted by Gasteiger charge is 2.12. The summed E-state index contributed by atoms with van der Waals surface area (Å²) in [6.45, 7) is 1.70. The van der Waals surface area contributed by atoms with Crippen LogP contribution in [0.25, 0.3) is 11.3 Å². The summed E-state index contributed by atoms with van der Waals surface area (Å²) in [5.41, 5.74) is 6.66. The van der Waals surface area contributed by atoms with Gasteiger partial charge in [0, 0.05) is 11.8 Å². The first kappa shape index (κ1) is 13.5. The van der Waals surface area contributed by atoms with Crippen LogP contribution >= 0.6 is 11.8 Å². The Hall–Kier alpha value is -1.95. The lowest BCUT2D eigenvalue weighted by Crippen LogP contribution is -2.22. The topological polar surface area (TPSA) is 68.9 Å². The van der Waals surface area contributed by atoms with E-state index < -0.39 is 11.2 Å². The molecular weight excluding hydrogens is 265 g/mol. The zero-order valence-corrected chi connectivity index (χ0v) is 11.0. The highest BCUT2D eigenvalue weighted by Crippen LogP contribution is 2.22. The summed E-state index contributed by atoms with van der Waals surface area (Å²) < 4.78 is 12.9. The molecule has 98 valence electrons. The van der Waals surface area contributed by atoms with E-state index in [1.54, 1.807) is 31.3 Å². The smallest absolute Gasteiger partial charge is 0.230 e. The van der Waals surface area contributed by atoms with Crippen LogP contribution in [0.5, 0.6) is 0 Å². The second kappa shape index (κ2) is 5.79. The van der Waals surface area contributed by atoms with Crippen molar-refractivity contribution in [2.75, 3.05) is 0 Å². The standard InChI is InChI=1S/C13H12FN3OS/c1-8(12(15)18)19-13-16-7-6-11(17-13)9-2-4-10(14)5-3-9/h2-8H,1H3,(H2,15,18). The van der Waals surface area contributed by atoms with Crippen LogP contribution in [-0.2, 0) is 4.79 Å². The van der Waals surface area contributed by atoms with Gasteiger partial charge in [0.05, 0.1) is 10.9 Å². The van der Waals surface area contributed by atoms with Crippen LogP contribution in [-0.4, -0.2) is 21.1 Å². The first-order chi connectivity index (χ1) is 9.06. The molecule has 1 heterocycles. The molecule has 1 unspecified atom stereocenters. The fourth-order valence-corrected chi connectivity index (χ4v) is 2.10. The molecular formula is C13H12FN3OS. The van der Waals surface area contributed by atoms with E-state index in [1.165, 1.54) is 23.9 Å². The number of rotatable bonds is 4. The van der Waals surface area contributed by atoms with Crippen molar-refractivity contribution in [1.82, 2.24) is 9.97 Å². The van der Waals surface area contributed by atoms with E-state index in [0.717, 1.165) is 5.56 Å². The molecule has 0 saturated carbocycles. The highest BCUT2D eigenvalue weighted by molar-refractivity contribution is 8.00. The molecule has 0 aliphatic rings. The normalized spacial score (nSPS) is 12.1. The molecule has 19 heavy (non-hydrogen) atoms. The van der Waals surface area contributed by atoms with E-state index in [9.17, 15) is 9.18 Å². The van der Waals surface area contributed by atoms with Crippen LogP contribution in [0, 0.1) is 5.82 Å². The summed E-state index contributed by atoms with van der Waals surface area (Å²) in [4.78, 5) is 19.4. The molecule has 0 saturated heterocycles. The number of hydrogen-bond acceptors (Lipinski definition) is 4. The Bertz CT molecular complexity index is 589. The number of nitrogens with two attached hydrogens (primary N) is 1. The van der Waals surface area contributed by atoms with Crippen LogP contribution in [0.15, 0.2) is 41.7 Å². The van der Waals surface area contributed by atoms with Crippen molar-refractivity contribution >= 4 is 17.7 Å². The summed E-state index contributed by atoms with van der Waals surface area (Å²) >= 11 is 1.19. The number of hydrogen-bond donors (Lipinski definition) is 1. The summed E-state index contributed by atoms with van der Waals surface area (Å²) in [6.07, 6.45) is 1.60. The maximum Gasteiger partial charge on any atom is 0.230 e. The number of nitrogens with zero attached hydrogens (tertiary/aromatic N) is 2. The lowest BCUT2D eigenvalue weighted by atomic mass is 10.1. The molecule has 0 bridgehead atoms. The molecule has 0 spiro atoms. The third-order valence-corrected chi connectivity index (χ3v) is 3.45. The minimum atomic E-state index is -0.416. The molecule has 4 nitrogen and oxygen atoms in total. The molecule has 2 aromatic rings. The van der Waals surface area contributed by atoms with Crippen LogP contribution in [0.2, 0.25) is 0 Å². The van der Waals surface area contributed by atoms with Crippen molar-refractivity contribution in [2.24, 2.45) is 5.73 Å². The van der Waals surface area contributed by atoms with E-state index in [0.29, 0.717) is 10.9 Å². The molecule has 0 aliphatic heterocycles. The molecule has 1 atom stereocenters. The van der Waals surface area contributed by atoms with E-state index in [4.69, 9.17) is 5.73 Å². The Morgan fingerprint density at radius 1 is 1.32 bits per heavy atom. The zero-order valence-electron chi connectivity index (χ0n) is 10.2. The van der Waals surface area contributed by atoms with Gasteiger partial charge in [-0.25, -0.2) is 14.4 Å². The van der Waals surface area contributed by atoms with Gasteiger partial charge in [-0.1, -0.05) is 11.8 Å². The Morgan fingerprint density at radius 2 is 2.00 bits per heavy atom. The predicted molar refractivity (Wildman–Crippen MR) is 71.9 cm³/mol. The summed E-state index contributed by atoms with van der Waals surface area (Å²) in [5.74, 6) is -0.712. The van der Waals surface area contributed by atoms with Gasteiger partial charge in [-0.3, -0.25) is 4.79 Å². The number of thioether (sulfide) groups is 1. The maximum absolute atomic E-state index is 12.9. The second-order valence-corrected chi connectivity index (χ2v) is 5.20. The van der Waals surface area contributed by atoms with Crippen molar-refractivity contribution in [3.8, 4) is 11.3 Å². The van der Waals surface area contributed by atoms with Crippen molar-refractivity contribution < 1.29 is 9.18 Å². The van der Waals surface area contributed by atoms with E-state index in [1.807, 2.05) is 0 Å². The molecule has 2 rings (SSSR count). The summed E-state index contributed by atoms with van der Waals surface area (Å²) in [7, 11) is 0. The third kappa shape index (κ3) is 3.51. The fraction of sp³-hybridized carbons (Fsp3) is 0.154. The number of carbonyl (C=O) groups is 1. The number of carbonyl (C=O) groups excluding carboxylic acids is 1. The fourth-order valence-electron chi connectivity index (χ4n) is 1.40.